The van der Waals surface area contributed by atoms with Gasteiger partial charge in [-0.15, -0.1) is 0 Å². The number of benzene rings is 1. The van der Waals surface area contributed by atoms with E-state index < -0.39 is 22.8 Å². The number of rotatable bonds is 5. The zero-order valence-corrected chi connectivity index (χ0v) is 16.3. The minimum absolute atomic E-state index is 0.0891. The zero-order chi connectivity index (χ0) is 18.1. The van der Waals surface area contributed by atoms with Crippen LogP contribution in [0, 0.1) is 14.9 Å². The average Bonchev–Trinajstić information content (AvgIpc) is 2.49. The van der Waals surface area contributed by atoms with Gasteiger partial charge in [0.05, 0.1) is 5.41 Å². The quantitative estimate of drug-likeness (QED) is 0.521. The molecule has 0 saturated heterocycles. The lowest BCUT2D eigenvalue weighted by Gasteiger charge is -2.44. The van der Waals surface area contributed by atoms with Gasteiger partial charge in [-0.3, -0.25) is 9.59 Å². The summed E-state index contributed by atoms with van der Waals surface area (Å²) in [5, 5.41) is 20.0. The predicted octanol–water partition coefficient (Wildman–Crippen LogP) is 4.47. The molecule has 1 aliphatic rings. The van der Waals surface area contributed by atoms with Crippen molar-refractivity contribution in [1.29, 1.82) is 0 Å². The molecule has 0 fully saturated rings. The van der Waals surface area contributed by atoms with Gasteiger partial charge in [0, 0.05) is 3.57 Å². The number of hydrogen-bond donors (Lipinski definition) is 2. The van der Waals surface area contributed by atoms with Gasteiger partial charge in [-0.2, -0.15) is 0 Å². The maximum Gasteiger partial charge on any atom is 0.318 e. The third kappa shape index (κ3) is 3.23. The van der Waals surface area contributed by atoms with Crippen molar-refractivity contribution in [3.05, 3.63) is 45.0 Å². The van der Waals surface area contributed by atoms with Gasteiger partial charge in [0.25, 0.3) is 0 Å². The van der Waals surface area contributed by atoms with E-state index in [2.05, 4.69) is 22.6 Å². The molecule has 130 valence electrons. The molecule has 24 heavy (non-hydrogen) atoms. The molecule has 2 rings (SSSR count). The second kappa shape index (κ2) is 6.86. The van der Waals surface area contributed by atoms with E-state index in [9.17, 15) is 19.8 Å². The van der Waals surface area contributed by atoms with E-state index in [1.54, 1.807) is 19.1 Å². The standard InChI is InChI=1S/C19H23IO4/c1-12(2)10-18(16(21)22)9-8-13(3)19(11-18,17(23)24)14-4-6-15(20)7-5-14/h4-8,12H,9-11H2,1-3H3,(H,21,22)(H,23,24). The lowest BCUT2D eigenvalue weighted by molar-refractivity contribution is -0.154. The lowest BCUT2D eigenvalue weighted by atomic mass is 9.57. The predicted molar refractivity (Wildman–Crippen MR) is 101 cm³/mol. The number of carboxylic acids is 2. The average molecular weight is 442 g/mol. The summed E-state index contributed by atoms with van der Waals surface area (Å²) in [5.74, 6) is -1.71. The third-order valence-corrected chi connectivity index (χ3v) is 5.75. The van der Waals surface area contributed by atoms with Crippen LogP contribution in [0.4, 0.5) is 0 Å². The SMILES string of the molecule is CC1=CCC(CC(C)C)(C(=O)O)CC1(C(=O)O)c1ccc(I)cc1. The molecule has 0 radical (unpaired) electrons. The van der Waals surface area contributed by atoms with Crippen LogP contribution in [0.25, 0.3) is 0 Å². The number of carboxylic acid groups (broad SMARTS) is 2. The molecule has 0 amide bonds. The van der Waals surface area contributed by atoms with Crippen molar-refractivity contribution in [3.8, 4) is 0 Å². The molecule has 0 aliphatic heterocycles. The summed E-state index contributed by atoms with van der Waals surface area (Å²) < 4.78 is 1.01. The van der Waals surface area contributed by atoms with Gasteiger partial charge in [-0.1, -0.05) is 37.6 Å². The lowest BCUT2D eigenvalue weighted by Crippen LogP contribution is -2.48. The van der Waals surface area contributed by atoms with Gasteiger partial charge < -0.3 is 10.2 Å². The molecular weight excluding hydrogens is 419 g/mol. The molecule has 1 aliphatic carbocycles. The van der Waals surface area contributed by atoms with Gasteiger partial charge in [0.1, 0.15) is 5.41 Å². The summed E-state index contributed by atoms with van der Waals surface area (Å²) >= 11 is 2.17. The maximum absolute atomic E-state index is 12.3. The van der Waals surface area contributed by atoms with Crippen LogP contribution in [0.5, 0.6) is 0 Å². The Morgan fingerprint density at radius 2 is 1.75 bits per heavy atom. The van der Waals surface area contributed by atoms with Crippen LogP contribution in [0.3, 0.4) is 0 Å². The fourth-order valence-corrected chi connectivity index (χ4v) is 4.22. The Bertz CT molecular complexity index is 677. The smallest absolute Gasteiger partial charge is 0.318 e. The number of halogens is 1. The first-order chi connectivity index (χ1) is 11.1. The molecule has 0 spiro atoms. The van der Waals surface area contributed by atoms with E-state index in [0.717, 1.165) is 9.14 Å². The molecule has 2 atom stereocenters. The Balaban J connectivity index is 2.64. The minimum atomic E-state index is -1.28. The second-order valence-electron chi connectivity index (χ2n) is 7.17. The van der Waals surface area contributed by atoms with Crippen LogP contribution < -0.4 is 0 Å². The van der Waals surface area contributed by atoms with Crippen molar-refractivity contribution in [2.45, 2.75) is 45.4 Å². The van der Waals surface area contributed by atoms with E-state index in [1.807, 2.05) is 32.1 Å². The van der Waals surface area contributed by atoms with Gasteiger partial charge in [-0.25, -0.2) is 0 Å². The van der Waals surface area contributed by atoms with Crippen LogP contribution in [-0.2, 0) is 15.0 Å². The molecule has 0 heterocycles. The molecule has 2 N–H and O–H groups in total. The molecule has 5 heteroatoms. The molecule has 0 bridgehead atoms. The summed E-state index contributed by atoms with van der Waals surface area (Å²) in [7, 11) is 0. The highest BCUT2D eigenvalue weighted by molar-refractivity contribution is 14.1. The van der Waals surface area contributed by atoms with Crippen LogP contribution in [-0.4, -0.2) is 22.2 Å². The van der Waals surface area contributed by atoms with Crippen molar-refractivity contribution in [3.63, 3.8) is 0 Å². The zero-order valence-electron chi connectivity index (χ0n) is 14.2. The first-order valence-corrected chi connectivity index (χ1v) is 9.12. The first kappa shape index (κ1) is 19.0. The monoisotopic (exact) mass is 442 g/mol. The Labute approximate surface area is 156 Å². The molecule has 1 aromatic rings. The van der Waals surface area contributed by atoms with E-state index in [4.69, 9.17) is 0 Å². The fourth-order valence-electron chi connectivity index (χ4n) is 3.86. The van der Waals surface area contributed by atoms with Crippen molar-refractivity contribution < 1.29 is 19.8 Å². The van der Waals surface area contributed by atoms with Crippen LogP contribution in [0.1, 0.15) is 45.6 Å². The van der Waals surface area contributed by atoms with Gasteiger partial charge in [0.15, 0.2) is 0 Å². The molecular formula is C19H23IO4. The van der Waals surface area contributed by atoms with Crippen molar-refractivity contribution in [1.82, 2.24) is 0 Å². The van der Waals surface area contributed by atoms with Crippen LogP contribution in [0.2, 0.25) is 0 Å². The molecule has 0 saturated carbocycles. The Morgan fingerprint density at radius 3 is 2.21 bits per heavy atom. The number of hydrogen-bond acceptors (Lipinski definition) is 2. The normalized spacial score (nSPS) is 27.0. The fraction of sp³-hybridized carbons (Fsp3) is 0.474. The molecule has 0 aromatic heterocycles. The van der Waals surface area contributed by atoms with E-state index in [-0.39, 0.29) is 12.3 Å². The third-order valence-electron chi connectivity index (χ3n) is 5.03. The highest BCUT2D eigenvalue weighted by Gasteiger charge is 2.54. The Morgan fingerprint density at radius 1 is 1.17 bits per heavy atom. The Hall–Kier alpha value is -1.37. The van der Waals surface area contributed by atoms with E-state index >= 15 is 0 Å². The Kier molecular flexibility index (Phi) is 5.42. The topological polar surface area (TPSA) is 74.6 Å². The molecule has 1 aromatic carbocycles. The molecule has 2 unspecified atom stereocenters. The van der Waals surface area contributed by atoms with E-state index in [1.165, 1.54) is 0 Å². The van der Waals surface area contributed by atoms with Crippen LogP contribution >= 0.6 is 22.6 Å². The van der Waals surface area contributed by atoms with Crippen molar-refractivity contribution in [2.75, 3.05) is 0 Å². The van der Waals surface area contributed by atoms with Gasteiger partial charge in [0.2, 0.25) is 0 Å². The summed E-state index contributed by atoms with van der Waals surface area (Å²) in [6.45, 7) is 5.75. The van der Waals surface area contributed by atoms with Crippen molar-refractivity contribution in [2.24, 2.45) is 11.3 Å². The summed E-state index contributed by atoms with van der Waals surface area (Å²) in [6, 6.07) is 7.35. The summed E-state index contributed by atoms with van der Waals surface area (Å²) in [6.07, 6.45) is 2.75. The second-order valence-corrected chi connectivity index (χ2v) is 8.41. The number of carbonyl (C=O) groups is 2. The maximum atomic E-state index is 12.3. The first-order valence-electron chi connectivity index (χ1n) is 8.04. The summed E-state index contributed by atoms with van der Waals surface area (Å²) in [5.41, 5.74) is -0.958. The van der Waals surface area contributed by atoms with Gasteiger partial charge in [-0.05, 0) is 72.4 Å². The number of aliphatic carboxylic acids is 2. The highest BCUT2D eigenvalue weighted by Crippen LogP contribution is 2.51. The summed E-state index contributed by atoms with van der Waals surface area (Å²) in [4.78, 5) is 24.4. The minimum Gasteiger partial charge on any atom is -0.481 e. The van der Waals surface area contributed by atoms with E-state index in [0.29, 0.717) is 18.4 Å². The largest absolute Gasteiger partial charge is 0.481 e. The highest BCUT2D eigenvalue weighted by atomic mass is 127. The van der Waals surface area contributed by atoms with Gasteiger partial charge >= 0.3 is 11.9 Å². The van der Waals surface area contributed by atoms with Crippen molar-refractivity contribution >= 4 is 34.5 Å². The molecule has 4 nitrogen and oxygen atoms in total. The number of allylic oxidation sites excluding steroid dienone is 1. The van der Waals surface area contributed by atoms with Crippen LogP contribution in [0.15, 0.2) is 35.9 Å².